The monoisotopic (exact) mass is 657 g/mol. The summed E-state index contributed by atoms with van der Waals surface area (Å²) in [5.74, 6) is -24.0. The lowest BCUT2D eigenvalue weighted by Gasteiger charge is -2.30. The Morgan fingerprint density at radius 2 is 1.13 bits per heavy atom. The van der Waals surface area contributed by atoms with Crippen LogP contribution in [0.4, 0.5) is 52.7 Å². The second kappa shape index (κ2) is 9.64. The van der Waals surface area contributed by atoms with Gasteiger partial charge in [0.25, 0.3) is 5.91 Å². The lowest BCUT2D eigenvalue weighted by Crippen LogP contribution is -2.60. The number of amides is 1. The fourth-order valence-electron chi connectivity index (χ4n) is 2.26. The molecule has 0 atom stereocenters. The molecule has 0 aliphatic heterocycles. The molecule has 39 heavy (non-hydrogen) atoms. The number of hydrogen-bond acceptors (Lipinski definition) is 7. The van der Waals surface area contributed by atoms with Crippen LogP contribution in [-0.2, 0) is 35.7 Å². The topological polar surface area (TPSA) is 152 Å². The number of halogens is 12. The summed E-state index contributed by atoms with van der Waals surface area (Å²) >= 11 is 0. The zero-order chi connectivity index (χ0) is 31.5. The van der Waals surface area contributed by atoms with E-state index >= 15 is 0 Å². The van der Waals surface area contributed by atoms with Crippen LogP contribution in [-0.4, -0.2) is 69.2 Å². The summed E-state index contributed by atoms with van der Waals surface area (Å²) < 4.78 is 236. The molecule has 1 amide bonds. The molecule has 2 N–H and O–H groups in total. The molecule has 24 heteroatoms. The highest BCUT2D eigenvalue weighted by Gasteiger charge is 2.81. The molecule has 0 aliphatic carbocycles. The third-order valence-electron chi connectivity index (χ3n) is 4.50. The van der Waals surface area contributed by atoms with Crippen LogP contribution in [0.2, 0.25) is 0 Å². The minimum absolute atomic E-state index is 0.184. The third-order valence-corrected chi connectivity index (χ3v) is 8.54. The molecule has 0 aromatic heterocycles. The van der Waals surface area contributed by atoms with Gasteiger partial charge in [0.1, 0.15) is 0 Å². The first kappa shape index (κ1) is 34.7. The van der Waals surface area contributed by atoms with E-state index in [2.05, 4.69) is 0 Å². The second-order valence-electron chi connectivity index (χ2n) is 7.45. The number of rotatable bonds is 11. The van der Waals surface area contributed by atoms with Crippen LogP contribution < -0.4 is 4.72 Å². The summed E-state index contributed by atoms with van der Waals surface area (Å²) in [6.45, 7) is -0.770. The number of carbonyl (C=O) groups is 1. The summed E-state index contributed by atoms with van der Waals surface area (Å²) in [5.41, 5.74) is -2.28. The molecule has 226 valence electrons. The Balaban J connectivity index is 3.28. The summed E-state index contributed by atoms with van der Waals surface area (Å²) in [5, 5.41) is -20.5. The summed E-state index contributed by atoms with van der Waals surface area (Å²) in [7, 11) is -21.0. The summed E-state index contributed by atoms with van der Waals surface area (Å²) in [6, 6.07) is 0.759. The largest absolute Gasteiger partial charge is 0.439 e. The Morgan fingerprint density at radius 1 is 0.718 bits per heavy atom. The first-order valence-electron chi connectivity index (χ1n) is 8.93. The maximum Gasteiger partial charge on any atom is 0.439 e. The maximum absolute atomic E-state index is 13.9. The van der Waals surface area contributed by atoms with Crippen molar-refractivity contribution in [3.05, 3.63) is 35.4 Å². The van der Waals surface area contributed by atoms with Crippen LogP contribution in [0.15, 0.2) is 24.3 Å². The molecule has 1 aromatic carbocycles. The highest BCUT2D eigenvalue weighted by molar-refractivity contribution is 7.92. The molecule has 1 aromatic rings. The molecule has 0 spiro atoms. The average Bonchev–Trinajstić information content (AvgIpc) is 2.71. The van der Waals surface area contributed by atoms with E-state index in [4.69, 9.17) is 4.55 Å². The minimum Gasteiger partial charge on any atom is -0.281 e. The second-order valence-corrected chi connectivity index (χ2v) is 12.7. The van der Waals surface area contributed by atoms with Gasteiger partial charge in [0, 0.05) is 12.5 Å². The SMILES string of the molecule is CC(F)(F)C(F)(F)C(F)(F)S(=O)(=O)NC(=O)c1ccc(CS(=O)(=O)C(F)(F)C(F)(F)C(F)(F)S(=O)(=O)O)cc1. The lowest BCUT2D eigenvalue weighted by molar-refractivity contribution is -0.271. The van der Waals surface area contributed by atoms with E-state index in [1.165, 1.54) is 0 Å². The maximum atomic E-state index is 13.9. The van der Waals surface area contributed by atoms with Gasteiger partial charge in [0.2, 0.25) is 9.84 Å². The molecule has 0 unspecified atom stereocenters. The number of sulfonamides is 1. The Labute approximate surface area is 209 Å². The number of hydrogen-bond donors (Lipinski definition) is 2. The first-order chi connectivity index (χ1) is 16.8. The van der Waals surface area contributed by atoms with Gasteiger partial charge >= 0.3 is 53.7 Å². The van der Waals surface area contributed by atoms with Crippen molar-refractivity contribution in [3.8, 4) is 0 Å². The van der Waals surface area contributed by atoms with E-state index in [0.717, 1.165) is 0 Å². The molecule has 0 aliphatic rings. The number of alkyl halides is 12. The smallest absolute Gasteiger partial charge is 0.281 e. The molecule has 0 saturated heterocycles. The zero-order valence-corrected chi connectivity index (χ0v) is 20.5. The fourth-order valence-corrected chi connectivity index (χ4v) is 5.11. The van der Waals surface area contributed by atoms with Gasteiger partial charge in [-0.25, -0.2) is 13.1 Å². The molecule has 9 nitrogen and oxygen atoms in total. The average molecular weight is 657 g/mol. The van der Waals surface area contributed by atoms with Crippen molar-refractivity contribution in [2.45, 2.75) is 46.2 Å². The van der Waals surface area contributed by atoms with Crippen LogP contribution >= 0.6 is 0 Å². The van der Waals surface area contributed by atoms with Gasteiger partial charge in [-0.15, -0.1) is 0 Å². The van der Waals surface area contributed by atoms with Gasteiger partial charge in [0.15, 0.2) is 0 Å². The Kier molecular flexibility index (Phi) is 8.57. The molecule has 0 heterocycles. The van der Waals surface area contributed by atoms with Gasteiger partial charge in [-0.05, 0) is 17.7 Å². The lowest BCUT2D eigenvalue weighted by atomic mass is 10.1. The van der Waals surface area contributed by atoms with Crippen molar-refractivity contribution >= 4 is 35.9 Å². The van der Waals surface area contributed by atoms with Crippen LogP contribution in [0, 0.1) is 0 Å². The summed E-state index contributed by atoms with van der Waals surface area (Å²) in [6.07, 6.45) is 0. The van der Waals surface area contributed by atoms with E-state index < -0.39 is 93.2 Å². The molecule has 1 rings (SSSR count). The Hall–Kier alpha value is -2.34. The van der Waals surface area contributed by atoms with Crippen molar-refractivity contribution in [1.82, 2.24) is 4.72 Å². The number of nitrogens with one attached hydrogen (secondary N) is 1. The predicted molar refractivity (Wildman–Crippen MR) is 102 cm³/mol. The molecule has 0 bridgehead atoms. The van der Waals surface area contributed by atoms with Gasteiger partial charge in [-0.3, -0.25) is 9.35 Å². The van der Waals surface area contributed by atoms with Crippen LogP contribution in [0.5, 0.6) is 0 Å². The number of benzene rings is 1. The minimum atomic E-state index is -7.30. The third kappa shape index (κ3) is 5.64. The van der Waals surface area contributed by atoms with Crippen molar-refractivity contribution in [2.75, 3.05) is 0 Å². The zero-order valence-electron chi connectivity index (χ0n) is 18.1. The molecule has 0 radical (unpaired) electrons. The Bertz CT molecular complexity index is 1440. The van der Waals surface area contributed by atoms with Gasteiger partial charge in [-0.2, -0.15) is 69.5 Å². The fraction of sp³-hybridized carbons (Fsp3) is 0.533. The normalized spacial score (nSPS) is 15.2. The molecule has 0 saturated carbocycles. The molecule has 0 fully saturated rings. The van der Waals surface area contributed by atoms with Crippen LogP contribution in [0.25, 0.3) is 0 Å². The number of sulfone groups is 1. The van der Waals surface area contributed by atoms with E-state index in [0.29, 0.717) is 4.72 Å². The molecular weight excluding hydrogens is 646 g/mol. The van der Waals surface area contributed by atoms with Gasteiger partial charge in [0.05, 0.1) is 5.75 Å². The Morgan fingerprint density at radius 3 is 1.49 bits per heavy atom. The highest BCUT2D eigenvalue weighted by atomic mass is 32.2. The van der Waals surface area contributed by atoms with E-state index in [9.17, 15) is 82.7 Å². The quantitative estimate of drug-likeness (QED) is 0.272. The highest BCUT2D eigenvalue weighted by Crippen LogP contribution is 2.51. The van der Waals surface area contributed by atoms with E-state index in [1.807, 2.05) is 0 Å². The van der Waals surface area contributed by atoms with Crippen LogP contribution in [0.1, 0.15) is 22.8 Å². The van der Waals surface area contributed by atoms with Crippen molar-refractivity contribution in [3.63, 3.8) is 0 Å². The van der Waals surface area contributed by atoms with Gasteiger partial charge in [-0.1, -0.05) is 12.1 Å². The van der Waals surface area contributed by atoms with Crippen molar-refractivity contribution in [1.29, 1.82) is 0 Å². The molecular formula is C15H11F12NO8S3. The standard InChI is InChI=1S/C15H11F12NO8S3/c1-10(16,17)11(18,19)14(24,25)38(32,33)28-9(29)8-4-2-7(3-5-8)6-37(30,31)13(22,23)12(20,21)15(26,27)39(34,35)36/h2-5H,6H2,1H3,(H,28,29)(H,34,35,36). The first-order valence-corrected chi connectivity index (χ1v) is 13.5. The van der Waals surface area contributed by atoms with Crippen molar-refractivity contribution in [2.24, 2.45) is 0 Å². The van der Waals surface area contributed by atoms with E-state index in [-0.39, 0.29) is 24.3 Å². The number of carbonyl (C=O) groups excluding carboxylic acids is 1. The summed E-state index contributed by atoms with van der Waals surface area (Å²) in [4.78, 5) is 11.8. The van der Waals surface area contributed by atoms with Gasteiger partial charge < -0.3 is 0 Å². The van der Waals surface area contributed by atoms with Crippen LogP contribution in [0.3, 0.4) is 0 Å². The predicted octanol–water partition coefficient (Wildman–Crippen LogP) is 3.25. The van der Waals surface area contributed by atoms with E-state index in [1.54, 1.807) is 0 Å². The van der Waals surface area contributed by atoms with Crippen molar-refractivity contribution < 1.29 is 87.3 Å².